The second-order valence-corrected chi connectivity index (χ2v) is 9.16. The second-order valence-electron chi connectivity index (χ2n) is 9.16. The first-order chi connectivity index (χ1) is 20.6. The van der Waals surface area contributed by atoms with Crippen LogP contribution < -0.4 is 15.6 Å². The van der Waals surface area contributed by atoms with Crippen LogP contribution >= 0.6 is 0 Å². The molecule has 1 amide bonds. The largest absolute Gasteiger partial charge is 0.494 e. The Morgan fingerprint density at radius 3 is 2.48 bits per heavy atom. The highest BCUT2D eigenvalue weighted by Gasteiger charge is 2.54. The molecule has 214 valence electrons. The number of hydrogen-bond donors (Lipinski definition) is 3. The number of carbonyl (C=O) groups is 1. The van der Waals surface area contributed by atoms with E-state index in [-0.39, 0.29) is 31.2 Å². The molecule has 1 heterocycles. The Kier molecular flexibility index (Phi) is 10.1. The van der Waals surface area contributed by atoms with E-state index in [0.717, 1.165) is 0 Å². The quantitative estimate of drug-likeness (QED) is 0.0566. The number of nitrogens with one attached hydrogen (secondary N) is 2. The van der Waals surface area contributed by atoms with Crippen LogP contribution in [0.15, 0.2) is 101 Å². The van der Waals surface area contributed by atoms with Crippen LogP contribution in [-0.2, 0) is 16.0 Å². The van der Waals surface area contributed by atoms with Crippen molar-refractivity contribution in [1.82, 2.24) is 10.9 Å². The van der Waals surface area contributed by atoms with Gasteiger partial charge in [0.2, 0.25) is 5.90 Å². The Balaban J connectivity index is 1.87. The molecule has 42 heavy (non-hydrogen) atoms. The number of carbonyl (C=O) groups excluding carboxylic acids is 1. The lowest BCUT2D eigenvalue weighted by Gasteiger charge is -2.31. The zero-order valence-electron chi connectivity index (χ0n) is 22.6. The van der Waals surface area contributed by atoms with E-state index in [1.165, 1.54) is 0 Å². The van der Waals surface area contributed by atoms with Crippen molar-refractivity contribution in [3.63, 3.8) is 0 Å². The van der Waals surface area contributed by atoms with Gasteiger partial charge in [-0.15, -0.1) is 6.58 Å². The van der Waals surface area contributed by atoms with Gasteiger partial charge < -0.3 is 14.6 Å². The first-order valence-corrected chi connectivity index (χ1v) is 13.1. The molecule has 0 aliphatic carbocycles. The van der Waals surface area contributed by atoms with Crippen molar-refractivity contribution < 1.29 is 19.4 Å². The summed E-state index contributed by atoms with van der Waals surface area (Å²) in [6.07, 6.45) is 1.02. The van der Waals surface area contributed by atoms with Gasteiger partial charge in [-0.25, -0.2) is 10.4 Å². The van der Waals surface area contributed by atoms with Gasteiger partial charge in [0.05, 0.1) is 6.61 Å². The SMILES string of the molecule is C=CCNNC(=O)[C@@]1(Cc2ccccc2N=[N+]=[N-])N=C(c2ccc(OCCCO)cc2)O[C@H]1c1ccccc1N=[N+]=[N-]. The summed E-state index contributed by atoms with van der Waals surface area (Å²) in [6.45, 7) is 4.33. The van der Waals surface area contributed by atoms with Crippen molar-refractivity contribution in [1.29, 1.82) is 0 Å². The monoisotopic (exact) mass is 567 g/mol. The molecule has 0 saturated heterocycles. The topological polar surface area (TPSA) is 190 Å². The summed E-state index contributed by atoms with van der Waals surface area (Å²) in [7, 11) is 0. The molecular weight excluding hydrogens is 538 g/mol. The van der Waals surface area contributed by atoms with Gasteiger partial charge >= 0.3 is 0 Å². The van der Waals surface area contributed by atoms with Gasteiger partial charge in [-0.2, -0.15) is 0 Å². The lowest BCUT2D eigenvalue weighted by atomic mass is 9.81. The number of hydrazine groups is 1. The Bertz CT molecular complexity index is 1550. The highest BCUT2D eigenvalue weighted by Crippen LogP contribution is 2.46. The van der Waals surface area contributed by atoms with Gasteiger partial charge in [-0.05, 0) is 40.9 Å². The number of azide groups is 2. The van der Waals surface area contributed by atoms with E-state index in [1.54, 1.807) is 78.9 Å². The lowest BCUT2D eigenvalue weighted by molar-refractivity contribution is -0.129. The minimum atomic E-state index is -1.64. The predicted molar refractivity (Wildman–Crippen MR) is 157 cm³/mol. The van der Waals surface area contributed by atoms with Crippen molar-refractivity contribution in [2.75, 3.05) is 19.8 Å². The van der Waals surface area contributed by atoms with Crippen molar-refractivity contribution in [2.24, 2.45) is 15.2 Å². The number of aliphatic hydroxyl groups excluding tert-OH is 1. The van der Waals surface area contributed by atoms with Crippen LogP contribution in [-0.4, -0.2) is 42.2 Å². The first kappa shape index (κ1) is 29.7. The summed E-state index contributed by atoms with van der Waals surface area (Å²) in [4.78, 5) is 24.9. The Morgan fingerprint density at radius 2 is 1.76 bits per heavy atom. The maximum atomic E-state index is 14.1. The average Bonchev–Trinajstić information content (AvgIpc) is 3.39. The first-order valence-electron chi connectivity index (χ1n) is 13.1. The van der Waals surface area contributed by atoms with E-state index in [2.05, 4.69) is 37.5 Å². The van der Waals surface area contributed by atoms with E-state index < -0.39 is 17.6 Å². The zero-order valence-corrected chi connectivity index (χ0v) is 22.6. The smallest absolute Gasteiger partial charge is 0.266 e. The van der Waals surface area contributed by atoms with Crippen molar-refractivity contribution in [3.05, 3.63) is 123 Å². The summed E-state index contributed by atoms with van der Waals surface area (Å²) >= 11 is 0. The number of nitrogens with zero attached hydrogens (tertiary/aromatic N) is 7. The number of rotatable bonds is 14. The molecule has 3 N–H and O–H groups in total. The normalized spacial score (nSPS) is 17.2. The fourth-order valence-electron chi connectivity index (χ4n) is 4.52. The summed E-state index contributed by atoms with van der Waals surface area (Å²) < 4.78 is 12.1. The van der Waals surface area contributed by atoms with Crippen LogP contribution in [0.5, 0.6) is 5.75 Å². The Morgan fingerprint density at radius 1 is 1.07 bits per heavy atom. The molecule has 4 rings (SSSR count). The van der Waals surface area contributed by atoms with Gasteiger partial charge in [0.1, 0.15) is 5.75 Å². The van der Waals surface area contributed by atoms with Crippen LogP contribution in [0, 0.1) is 0 Å². The van der Waals surface area contributed by atoms with E-state index in [9.17, 15) is 10.3 Å². The van der Waals surface area contributed by atoms with Crippen molar-refractivity contribution in [3.8, 4) is 5.75 Å². The molecule has 3 aromatic carbocycles. The Labute approximate surface area is 241 Å². The maximum absolute atomic E-state index is 14.1. The number of aliphatic hydroxyl groups is 1. The molecule has 0 aromatic heterocycles. The lowest BCUT2D eigenvalue weighted by Crippen LogP contribution is -2.54. The third-order valence-corrected chi connectivity index (χ3v) is 6.45. The number of amides is 1. The molecular formula is C29H29N9O4. The average molecular weight is 568 g/mol. The molecule has 0 saturated carbocycles. The third-order valence-electron chi connectivity index (χ3n) is 6.45. The molecule has 1 aliphatic rings. The molecule has 0 bridgehead atoms. The zero-order chi connectivity index (χ0) is 29.8. The second kappa shape index (κ2) is 14.4. The molecule has 0 radical (unpaired) electrons. The number of benzene rings is 3. The Hall–Kier alpha value is -5.32. The molecule has 0 spiro atoms. The van der Waals surface area contributed by atoms with E-state index >= 15 is 0 Å². The molecule has 13 nitrogen and oxygen atoms in total. The fourth-order valence-corrected chi connectivity index (χ4v) is 4.52. The molecule has 0 unspecified atom stereocenters. The fraction of sp³-hybridized carbons (Fsp3) is 0.241. The number of ether oxygens (including phenoxy) is 2. The number of hydrogen-bond acceptors (Lipinski definition) is 8. The molecule has 1 aliphatic heterocycles. The van der Waals surface area contributed by atoms with E-state index in [1.807, 2.05) is 0 Å². The summed E-state index contributed by atoms with van der Waals surface area (Å²) in [5, 5.41) is 16.7. The molecule has 3 aromatic rings. The van der Waals surface area contributed by atoms with Crippen LogP contribution in [0.25, 0.3) is 20.9 Å². The molecule has 0 fully saturated rings. The maximum Gasteiger partial charge on any atom is 0.266 e. The van der Waals surface area contributed by atoms with E-state index in [4.69, 9.17) is 25.1 Å². The van der Waals surface area contributed by atoms with Gasteiger partial charge in [-0.3, -0.25) is 10.2 Å². The van der Waals surface area contributed by atoms with Crippen LogP contribution in [0.4, 0.5) is 11.4 Å². The van der Waals surface area contributed by atoms with Crippen LogP contribution in [0.1, 0.15) is 29.2 Å². The predicted octanol–water partition coefficient (Wildman–Crippen LogP) is 5.64. The van der Waals surface area contributed by atoms with Gasteiger partial charge in [0.25, 0.3) is 5.91 Å². The number of aliphatic imine (C=N–C) groups is 1. The minimum absolute atomic E-state index is 0.0229. The summed E-state index contributed by atoms with van der Waals surface area (Å²) in [5.74, 6) is 0.245. The van der Waals surface area contributed by atoms with Crippen LogP contribution in [0.2, 0.25) is 0 Å². The molecule has 13 heteroatoms. The van der Waals surface area contributed by atoms with Crippen molar-refractivity contribution in [2.45, 2.75) is 24.5 Å². The highest BCUT2D eigenvalue weighted by atomic mass is 16.5. The van der Waals surface area contributed by atoms with Gasteiger partial charge in [-0.1, -0.05) is 64.8 Å². The minimum Gasteiger partial charge on any atom is -0.494 e. The summed E-state index contributed by atoms with van der Waals surface area (Å²) in [5.41, 5.74) is 24.5. The molecule has 2 atom stereocenters. The van der Waals surface area contributed by atoms with Crippen LogP contribution in [0.3, 0.4) is 0 Å². The summed E-state index contributed by atoms with van der Waals surface area (Å²) in [6, 6.07) is 20.7. The third kappa shape index (κ3) is 6.69. The van der Waals surface area contributed by atoms with E-state index in [0.29, 0.717) is 41.2 Å². The standard InChI is InChI=1S/C29H29N9O4/c1-2-16-32-36-28(40)29(19-21-8-3-5-10-24(21)34-37-30)26(23-9-4-6-11-25(23)35-38-31)42-27(33-29)20-12-14-22(15-13-20)41-18-7-17-39/h2-6,8-15,26,32,39H,1,7,16-19H2,(H,36,40)/t26-,29-/m0/s1. The van der Waals surface area contributed by atoms with Gasteiger partial charge in [0.15, 0.2) is 11.6 Å². The van der Waals surface area contributed by atoms with Crippen molar-refractivity contribution >= 4 is 23.2 Å². The van der Waals surface area contributed by atoms with Gasteiger partial charge in [0, 0.05) is 58.3 Å². The highest BCUT2D eigenvalue weighted by molar-refractivity contribution is 6.01.